The van der Waals surface area contributed by atoms with Gasteiger partial charge in [0, 0.05) is 21.5 Å². The second kappa shape index (κ2) is 6.74. The Morgan fingerprint density at radius 2 is 1.83 bits per heavy atom. The molecular formula is C21H20ClNO. The van der Waals surface area contributed by atoms with E-state index in [1.54, 1.807) is 6.92 Å². The minimum Gasteiger partial charge on any atom is -0.294 e. The number of rotatable bonds is 4. The summed E-state index contributed by atoms with van der Waals surface area (Å²) >= 11 is 6.22. The van der Waals surface area contributed by atoms with Crippen LogP contribution in [-0.4, -0.2) is 10.8 Å². The molecule has 1 heterocycles. The van der Waals surface area contributed by atoms with Crippen LogP contribution in [0, 0.1) is 5.92 Å². The van der Waals surface area contributed by atoms with E-state index in [-0.39, 0.29) is 5.78 Å². The molecule has 3 aromatic rings. The number of fused-ring (bicyclic) bond motifs is 1. The fourth-order valence-electron chi connectivity index (χ4n) is 3.10. The maximum absolute atomic E-state index is 12.5. The lowest BCUT2D eigenvalue weighted by atomic mass is 9.90. The smallest absolute Gasteiger partial charge is 0.162 e. The van der Waals surface area contributed by atoms with Gasteiger partial charge in [0.2, 0.25) is 0 Å². The molecule has 3 heteroatoms. The van der Waals surface area contributed by atoms with Crippen molar-refractivity contribution < 1.29 is 4.79 Å². The van der Waals surface area contributed by atoms with Gasteiger partial charge < -0.3 is 0 Å². The summed E-state index contributed by atoms with van der Waals surface area (Å²) in [4.78, 5) is 17.3. The van der Waals surface area contributed by atoms with E-state index in [1.165, 1.54) is 0 Å². The van der Waals surface area contributed by atoms with Crippen molar-refractivity contribution in [2.75, 3.05) is 0 Å². The number of pyridine rings is 1. The molecule has 0 fully saturated rings. The highest BCUT2D eigenvalue weighted by Gasteiger charge is 2.20. The minimum absolute atomic E-state index is 0.0406. The van der Waals surface area contributed by atoms with Crippen LogP contribution in [0.5, 0.6) is 0 Å². The quantitative estimate of drug-likeness (QED) is 0.550. The van der Waals surface area contributed by atoms with E-state index in [1.807, 2.05) is 48.5 Å². The van der Waals surface area contributed by atoms with Crippen molar-refractivity contribution in [1.82, 2.24) is 4.98 Å². The average Bonchev–Trinajstić information content (AvgIpc) is 2.54. The highest BCUT2D eigenvalue weighted by Crippen LogP contribution is 2.35. The Labute approximate surface area is 147 Å². The molecule has 0 saturated heterocycles. The zero-order valence-electron chi connectivity index (χ0n) is 14.1. The predicted octanol–water partition coefficient (Wildman–Crippen LogP) is 5.96. The molecule has 1 aromatic heterocycles. The SMILES string of the molecule is CC(=O)c1c(CC(C)C)nc2ccc(Cl)cc2c1-c1ccccc1. The molecular weight excluding hydrogens is 318 g/mol. The summed E-state index contributed by atoms with van der Waals surface area (Å²) in [5.74, 6) is 0.461. The summed E-state index contributed by atoms with van der Waals surface area (Å²) in [5, 5.41) is 1.57. The zero-order chi connectivity index (χ0) is 17.3. The van der Waals surface area contributed by atoms with Crippen molar-refractivity contribution in [3.63, 3.8) is 0 Å². The first kappa shape index (κ1) is 16.7. The van der Waals surface area contributed by atoms with Crippen LogP contribution in [0.2, 0.25) is 5.02 Å². The Bertz CT molecular complexity index is 901. The van der Waals surface area contributed by atoms with Crippen molar-refractivity contribution in [2.45, 2.75) is 27.2 Å². The summed E-state index contributed by atoms with van der Waals surface area (Å²) in [6, 6.07) is 15.7. The van der Waals surface area contributed by atoms with Gasteiger partial charge in [-0.05, 0) is 43.0 Å². The standard InChI is InChI=1S/C21H20ClNO/c1-13(2)11-19-20(14(3)24)21(15-7-5-4-6-8-15)17-12-16(22)9-10-18(17)23-19/h4-10,12-13H,11H2,1-3H3. The summed E-state index contributed by atoms with van der Waals surface area (Å²) in [7, 11) is 0. The van der Waals surface area contributed by atoms with Crippen LogP contribution in [0.25, 0.3) is 22.0 Å². The number of carbonyl (C=O) groups excluding carboxylic acids is 1. The van der Waals surface area contributed by atoms with E-state index < -0.39 is 0 Å². The second-order valence-electron chi connectivity index (χ2n) is 6.49. The topological polar surface area (TPSA) is 30.0 Å². The first-order chi connectivity index (χ1) is 11.5. The molecule has 0 aliphatic heterocycles. The van der Waals surface area contributed by atoms with E-state index in [0.29, 0.717) is 16.5 Å². The fraction of sp³-hybridized carbons (Fsp3) is 0.238. The number of carbonyl (C=O) groups is 1. The number of hydrogen-bond acceptors (Lipinski definition) is 2. The van der Waals surface area contributed by atoms with Crippen molar-refractivity contribution in [1.29, 1.82) is 0 Å². The lowest BCUT2D eigenvalue weighted by Crippen LogP contribution is -2.09. The van der Waals surface area contributed by atoms with Crippen LogP contribution >= 0.6 is 11.6 Å². The number of hydrogen-bond donors (Lipinski definition) is 0. The van der Waals surface area contributed by atoms with Crippen molar-refractivity contribution in [3.05, 3.63) is 64.8 Å². The number of ketones is 1. The highest BCUT2D eigenvalue weighted by atomic mass is 35.5. The van der Waals surface area contributed by atoms with Crippen LogP contribution < -0.4 is 0 Å². The second-order valence-corrected chi connectivity index (χ2v) is 6.93. The molecule has 3 rings (SSSR count). The maximum Gasteiger partial charge on any atom is 0.162 e. The first-order valence-electron chi connectivity index (χ1n) is 8.16. The molecule has 0 unspecified atom stereocenters. The summed E-state index contributed by atoms with van der Waals surface area (Å²) in [6.45, 7) is 5.89. The Hall–Kier alpha value is -2.19. The van der Waals surface area contributed by atoms with E-state index >= 15 is 0 Å². The Kier molecular flexibility index (Phi) is 4.68. The largest absolute Gasteiger partial charge is 0.294 e. The van der Waals surface area contributed by atoms with Gasteiger partial charge >= 0.3 is 0 Å². The maximum atomic E-state index is 12.5. The van der Waals surface area contributed by atoms with Crippen molar-refractivity contribution in [2.24, 2.45) is 5.92 Å². The fourth-order valence-corrected chi connectivity index (χ4v) is 3.28. The van der Waals surface area contributed by atoms with Crippen LogP contribution in [-0.2, 0) is 6.42 Å². The molecule has 0 saturated carbocycles. The molecule has 0 bridgehead atoms. The molecule has 122 valence electrons. The summed E-state index contributed by atoms with van der Waals surface area (Å²) in [5.41, 5.74) is 4.41. The summed E-state index contributed by atoms with van der Waals surface area (Å²) in [6.07, 6.45) is 0.771. The number of aromatic nitrogens is 1. The Morgan fingerprint density at radius 3 is 2.46 bits per heavy atom. The van der Waals surface area contributed by atoms with Gasteiger partial charge in [-0.25, -0.2) is 0 Å². The van der Waals surface area contributed by atoms with E-state index in [2.05, 4.69) is 13.8 Å². The Morgan fingerprint density at radius 1 is 1.12 bits per heavy atom. The predicted molar refractivity (Wildman–Crippen MR) is 101 cm³/mol. The number of Topliss-reactive ketones (excluding diaryl/α,β-unsaturated/α-hetero) is 1. The van der Waals surface area contributed by atoms with Crippen LogP contribution in [0.4, 0.5) is 0 Å². The summed E-state index contributed by atoms with van der Waals surface area (Å²) < 4.78 is 0. The molecule has 0 N–H and O–H groups in total. The molecule has 24 heavy (non-hydrogen) atoms. The average molecular weight is 338 g/mol. The lowest BCUT2D eigenvalue weighted by Gasteiger charge is -2.17. The van der Waals surface area contributed by atoms with Gasteiger partial charge in [-0.1, -0.05) is 55.8 Å². The number of halogens is 1. The third kappa shape index (κ3) is 3.20. The van der Waals surface area contributed by atoms with Crippen LogP contribution in [0.1, 0.15) is 36.8 Å². The molecule has 2 aromatic carbocycles. The zero-order valence-corrected chi connectivity index (χ0v) is 14.9. The van der Waals surface area contributed by atoms with E-state index in [0.717, 1.165) is 34.1 Å². The van der Waals surface area contributed by atoms with Crippen LogP contribution in [0.3, 0.4) is 0 Å². The molecule has 0 aliphatic carbocycles. The van der Waals surface area contributed by atoms with Gasteiger partial charge in [0.1, 0.15) is 0 Å². The van der Waals surface area contributed by atoms with Gasteiger partial charge in [-0.3, -0.25) is 9.78 Å². The minimum atomic E-state index is 0.0406. The van der Waals surface area contributed by atoms with Crippen molar-refractivity contribution >= 4 is 28.3 Å². The Balaban J connectivity index is 2.44. The molecule has 0 radical (unpaired) electrons. The molecule has 0 aliphatic rings. The molecule has 0 spiro atoms. The van der Waals surface area contributed by atoms with Gasteiger partial charge in [-0.2, -0.15) is 0 Å². The third-order valence-corrected chi connectivity index (χ3v) is 4.27. The third-order valence-electron chi connectivity index (χ3n) is 4.04. The lowest BCUT2D eigenvalue weighted by molar-refractivity contribution is 0.101. The van der Waals surface area contributed by atoms with E-state index in [9.17, 15) is 4.79 Å². The molecule has 0 amide bonds. The number of benzene rings is 2. The van der Waals surface area contributed by atoms with Crippen molar-refractivity contribution in [3.8, 4) is 11.1 Å². The van der Waals surface area contributed by atoms with Gasteiger partial charge in [-0.15, -0.1) is 0 Å². The van der Waals surface area contributed by atoms with Gasteiger partial charge in [0.25, 0.3) is 0 Å². The molecule has 2 nitrogen and oxygen atoms in total. The van der Waals surface area contributed by atoms with E-state index in [4.69, 9.17) is 16.6 Å². The van der Waals surface area contributed by atoms with Crippen LogP contribution in [0.15, 0.2) is 48.5 Å². The molecule has 0 atom stereocenters. The first-order valence-corrected chi connectivity index (χ1v) is 8.53. The monoisotopic (exact) mass is 337 g/mol. The number of nitrogens with zero attached hydrogens (tertiary/aromatic N) is 1. The van der Waals surface area contributed by atoms with Gasteiger partial charge in [0.05, 0.1) is 11.2 Å². The normalized spacial score (nSPS) is 11.2. The highest BCUT2D eigenvalue weighted by molar-refractivity contribution is 6.31. The van der Waals surface area contributed by atoms with Gasteiger partial charge in [0.15, 0.2) is 5.78 Å².